The van der Waals surface area contributed by atoms with Crippen molar-refractivity contribution in [3.8, 4) is 39.9 Å². The molecule has 0 amide bonds. The highest BCUT2D eigenvalue weighted by Gasteiger charge is 2.20. The normalized spacial score (nSPS) is 11.8. The van der Waals surface area contributed by atoms with Crippen molar-refractivity contribution in [2.24, 2.45) is 0 Å². The number of aryl methyl sites for hydroxylation is 1. The molecular weight excluding hydrogens is 834 g/mol. The predicted octanol–water partition coefficient (Wildman–Crippen LogP) is 16.1. The van der Waals surface area contributed by atoms with Gasteiger partial charge in [0.2, 0.25) is 0 Å². The Kier molecular flexibility index (Phi) is 8.61. The molecule has 4 aromatic heterocycles. The zero-order valence-corrected chi connectivity index (χ0v) is 36.9. The summed E-state index contributed by atoms with van der Waals surface area (Å²) in [5.41, 5.74) is 17.3. The zero-order valence-electron chi connectivity index (χ0n) is 36.9. The number of halogens is 1. The van der Waals surface area contributed by atoms with Crippen LogP contribution in [0, 0.1) is 18.3 Å². The van der Waals surface area contributed by atoms with E-state index in [1.807, 2.05) is 12.1 Å². The maximum Gasteiger partial charge on any atom is 0.0992 e. The second kappa shape index (κ2) is 14.9. The lowest BCUT2D eigenvalue weighted by molar-refractivity contribution is 1.11. The summed E-state index contributed by atoms with van der Waals surface area (Å²) in [6.45, 7) is 2.16. The van der Waals surface area contributed by atoms with Crippen LogP contribution < -0.4 is 0 Å². The third-order valence-electron chi connectivity index (χ3n) is 14.0. The van der Waals surface area contributed by atoms with Gasteiger partial charge < -0.3 is 18.3 Å². The van der Waals surface area contributed by atoms with Gasteiger partial charge in [-0.2, -0.15) is 5.26 Å². The standard InChI is InChI=1S/C62H39N5.FH/c1-39-25-28-60-52(31-39)54-37-45(66-57-22-9-4-17-49(57)50-18-5-10-23-58(50)66)27-30-62(54)67(60)46-33-40(38-63)32-42(35-46)41-13-12-14-43(34-41)64-59-24-11-6-19-51(59)53-36-44(26-29-61(53)64)65-55-20-7-2-15-47(55)48-16-3-8-21-56(48)65;/h2-37H,1H3;1H. The molecule has 10 aromatic carbocycles. The largest absolute Gasteiger partial charge is 0.309 e. The van der Waals surface area contributed by atoms with E-state index in [1.54, 1.807) is 0 Å². The number of nitriles is 1. The van der Waals surface area contributed by atoms with Gasteiger partial charge in [0.1, 0.15) is 0 Å². The van der Waals surface area contributed by atoms with Crippen LogP contribution in [0.4, 0.5) is 4.70 Å². The van der Waals surface area contributed by atoms with E-state index in [9.17, 15) is 5.26 Å². The van der Waals surface area contributed by atoms with E-state index in [2.05, 4.69) is 238 Å². The highest BCUT2D eigenvalue weighted by Crippen LogP contribution is 2.40. The number of fused-ring (bicyclic) bond motifs is 12. The monoisotopic (exact) mass is 873 g/mol. The molecule has 0 spiro atoms. The van der Waals surface area contributed by atoms with Crippen molar-refractivity contribution in [3.05, 3.63) is 230 Å². The van der Waals surface area contributed by atoms with E-state index in [4.69, 9.17) is 0 Å². The maximum atomic E-state index is 10.6. The Bertz CT molecular complexity index is 4330. The molecule has 0 bridgehead atoms. The van der Waals surface area contributed by atoms with E-state index in [1.165, 1.54) is 65.3 Å². The third kappa shape index (κ3) is 5.66. The number of hydrogen-bond donors (Lipinski definition) is 0. The molecule has 0 fully saturated rings. The number of hydrogen-bond acceptors (Lipinski definition) is 1. The van der Waals surface area contributed by atoms with Crippen LogP contribution in [0.3, 0.4) is 0 Å². The molecule has 5 nitrogen and oxygen atoms in total. The second-order valence-electron chi connectivity index (χ2n) is 17.8. The number of nitrogens with zero attached hydrogens (tertiary/aromatic N) is 5. The Morgan fingerprint density at radius 3 is 1.15 bits per heavy atom. The molecule has 0 radical (unpaired) electrons. The Labute approximate surface area is 390 Å². The van der Waals surface area contributed by atoms with Crippen LogP contribution in [-0.4, -0.2) is 18.3 Å². The number of para-hydroxylation sites is 5. The lowest BCUT2D eigenvalue weighted by atomic mass is 10.0. The fraction of sp³-hybridized carbons (Fsp3) is 0.0161. The summed E-state index contributed by atoms with van der Waals surface area (Å²) in [6, 6.07) is 81.3. The highest BCUT2D eigenvalue weighted by atomic mass is 19.0. The molecule has 0 atom stereocenters. The maximum absolute atomic E-state index is 10.6. The fourth-order valence-electron chi connectivity index (χ4n) is 11.1. The van der Waals surface area contributed by atoms with Crippen molar-refractivity contribution in [2.45, 2.75) is 6.92 Å². The summed E-state index contributed by atoms with van der Waals surface area (Å²) >= 11 is 0. The van der Waals surface area contributed by atoms with Gasteiger partial charge >= 0.3 is 0 Å². The summed E-state index contributed by atoms with van der Waals surface area (Å²) in [5.74, 6) is 0. The average molecular weight is 874 g/mol. The van der Waals surface area contributed by atoms with Crippen LogP contribution in [0.15, 0.2) is 218 Å². The Morgan fingerprint density at radius 2 is 0.662 bits per heavy atom. The van der Waals surface area contributed by atoms with E-state index in [-0.39, 0.29) is 4.70 Å². The zero-order chi connectivity index (χ0) is 44.3. The number of rotatable bonds is 5. The van der Waals surface area contributed by atoms with Gasteiger partial charge in [0.15, 0.2) is 0 Å². The van der Waals surface area contributed by atoms with E-state index >= 15 is 0 Å². The third-order valence-corrected chi connectivity index (χ3v) is 14.0. The van der Waals surface area contributed by atoms with E-state index in [0.717, 1.165) is 61.3 Å². The molecule has 14 rings (SSSR count). The van der Waals surface area contributed by atoms with Gasteiger partial charge in [-0.1, -0.05) is 115 Å². The molecule has 0 N–H and O–H groups in total. The van der Waals surface area contributed by atoms with Crippen molar-refractivity contribution in [2.75, 3.05) is 0 Å². The van der Waals surface area contributed by atoms with Gasteiger partial charge in [-0.25, -0.2) is 0 Å². The molecule has 14 aromatic rings. The minimum atomic E-state index is 0. The van der Waals surface area contributed by atoms with Crippen molar-refractivity contribution >= 4 is 87.2 Å². The number of aromatic nitrogens is 4. The molecule has 0 aliphatic rings. The molecular formula is C62H40FN5. The SMILES string of the molecule is Cc1ccc2c(c1)c1cc(-n3c4ccccc4c4ccccc43)ccc1n2-c1cc(C#N)cc(-c2cccc(-n3c4ccccc4c4cc(-n5c6ccccc6c6ccccc65)ccc43)c2)c1.F. The summed E-state index contributed by atoms with van der Waals surface area (Å²) in [7, 11) is 0. The van der Waals surface area contributed by atoms with Crippen molar-refractivity contribution in [1.29, 1.82) is 5.26 Å². The van der Waals surface area contributed by atoms with Gasteiger partial charge in [0.25, 0.3) is 0 Å². The predicted molar refractivity (Wildman–Crippen MR) is 281 cm³/mol. The Balaban J connectivity index is 0.00000457. The molecule has 6 heteroatoms. The quantitative estimate of drug-likeness (QED) is 0.170. The van der Waals surface area contributed by atoms with E-state index < -0.39 is 0 Å². The lowest BCUT2D eigenvalue weighted by Crippen LogP contribution is -1.98. The van der Waals surface area contributed by atoms with Crippen LogP contribution in [0.25, 0.3) is 121 Å². The Hall–Kier alpha value is -9.18. The lowest BCUT2D eigenvalue weighted by Gasteiger charge is -2.14. The van der Waals surface area contributed by atoms with Gasteiger partial charge in [0.05, 0.1) is 55.8 Å². The number of benzene rings is 10. The Morgan fingerprint density at radius 1 is 0.294 bits per heavy atom. The summed E-state index contributed by atoms with van der Waals surface area (Å²) in [6.07, 6.45) is 0. The first-order valence-corrected chi connectivity index (χ1v) is 22.8. The first-order chi connectivity index (χ1) is 33.1. The van der Waals surface area contributed by atoms with Crippen molar-refractivity contribution in [3.63, 3.8) is 0 Å². The summed E-state index contributed by atoms with van der Waals surface area (Å²) in [4.78, 5) is 0. The minimum Gasteiger partial charge on any atom is -0.309 e. The van der Waals surface area contributed by atoms with Crippen LogP contribution in [0.2, 0.25) is 0 Å². The van der Waals surface area contributed by atoms with Gasteiger partial charge in [-0.05, 0) is 127 Å². The van der Waals surface area contributed by atoms with Crippen LogP contribution in [-0.2, 0) is 0 Å². The van der Waals surface area contributed by atoms with Crippen molar-refractivity contribution in [1.82, 2.24) is 18.3 Å². The topological polar surface area (TPSA) is 43.5 Å². The molecule has 68 heavy (non-hydrogen) atoms. The molecule has 0 aliphatic heterocycles. The molecule has 0 saturated heterocycles. The highest BCUT2D eigenvalue weighted by molar-refractivity contribution is 6.14. The van der Waals surface area contributed by atoms with Crippen LogP contribution in [0.1, 0.15) is 11.1 Å². The summed E-state index contributed by atoms with van der Waals surface area (Å²) in [5, 5.41) is 20.3. The first kappa shape index (κ1) is 39.2. The fourth-order valence-corrected chi connectivity index (χ4v) is 11.1. The molecule has 0 aliphatic carbocycles. The molecule has 0 saturated carbocycles. The van der Waals surface area contributed by atoms with Gasteiger partial charge in [-0.3, -0.25) is 4.70 Å². The minimum absolute atomic E-state index is 0. The van der Waals surface area contributed by atoms with Gasteiger partial charge in [-0.15, -0.1) is 0 Å². The van der Waals surface area contributed by atoms with Crippen molar-refractivity contribution < 1.29 is 4.70 Å². The molecule has 320 valence electrons. The van der Waals surface area contributed by atoms with Gasteiger partial charge in [0, 0.05) is 65.8 Å². The first-order valence-electron chi connectivity index (χ1n) is 22.8. The molecule has 0 unspecified atom stereocenters. The van der Waals surface area contributed by atoms with Crippen LogP contribution >= 0.6 is 0 Å². The summed E-state index contributed by atoms with van der Waals surface area (Å²) < 4.78 is 9.48. The molecule has 4 heterocycles. The average Bonchev–Trinajstić information content (AvgIpc) is 4.11. The smallest absolute Gasteiger partial charge is 0.0992 e. The van der Waals surface area contributed by atoms with E-state index in [0.29, 0.717) is 5.56 Å². The second-order valence-corrected chi connectivity index (χ2v) is 17.8. The van der Waals surface area contributed by atoms with Crippen LogP contribution in [0.5, 0.6) is 0 Å².